The summed E-state index contributed by atoms with van der Waals surface area (Å²) < 4.78 is 64.0. The van der Waals surface area contributed by atoms with Gasteiger partial charge in [-0.1, -0.05) is 18.2 Å². The second kappa shape index (κ2) is 8.23. The average Bonchev–Trinajstić information content (AvgIpc) is 3.43. The van der Waals surface area contributed by atoms with Crippen molar-refractivity contribution in [1.82, 2.24) is 29.3 Å². The molecule has 2 unspecified atom stereocenters. The molecule has 0 saturated heterocycles. The van der Waals surface area contributed by atoms with Crippen molar-refractivity contribution in [3.05, 3.63) is 71.6 Å². The number of hydrogen-bond donors (Lipinski definition) is 0. The van der Waals surface area contributed by atoms with Crippen LogP contribution < -0.4 is 4.74 Å². The monoisotopic (exact) mass is 472 g/mol. The van der Waals surface area contributed by atoms with E-state index in [-0.39, 0.29) is 30.2 Å². The molecule has 0 aliphatic carbocycles. The molecule has 1 aliphatic heterocycles. The first kappa shape index (κ1) is 22.1. The van der Waals surface area contributed by atoms with E-state index >= 15 is 0 Å². The van der Waals surface area contributed by atoms with Crippen LogP contribution in [0.1, 0.15) is 35.0 Å². The molecule has 0 amide bonds. The molecule has 0 fully saturated rings. The van der Waals surface area contributed by atoms with E-state index in [1.54, 1.807) is 23.0 Å². The first-order valence-corrected chi connectivity index (χ1v) is 10.6. The molecular weight excluding hydrogens is 452 g/mol. The van der Waals surface area contributed by atoms with Crippen LogP contribution in [0.25, 0.3) is 17.2 Å². The number of ether oxygens (including phenoxy) is 1. The van der Waals surface area contributed by atoms with Crippen molar-refractivity contribution >= 4 is 0 Å². The highest BCUT2D eigenvalue weighted by molar-refractivity contribution is 5.55. The van der Waals surface area contributed by atoms with Gasteiger partial charge in [0.25, 0.3) is 0 Å². The maximum absolute atomic E-state index is 14.6. The maximum atomic E-state index is 14.6. The number of nitrogens with zero attached hydrogens (tertiary/aromatic N) is 6. The second-order valence-corrected chi connectivity index (χ2v) is 8.09. The normalized spacial score (nSPS) is 18.1. The Bertz CT molecular complexity index is 1350. The van der Waals surface area contributed by atoms with Gasteiger partial charge < -0.3 is 9.30 Å². The average molecular weight is 472 g/mol. The summed E-state index contributed by atoms with van der Waals surface area (Å²) in [6.45, 7) is 1.77. The van der Waals surface area contributed by atoms with Crippen LogP contribution in [0, 0.1) is 6.92 Å². The summed E-state index contributed by atoms with van der Waals surface area (Å²) in [5.41, 5.74) is 1.01. The lowest BCUT2D eigenvalue weighted by atomic mass is 9.87. The van der Waals surface area contributed by atoms with Gasteiger partial charge >= 0.3 is 6.18 Å². The van der Waals surface area contributed by atoms with E-state index in [2.05, 4.69) is 20.1 Å². The number of benzene rings is 1. The first-order valence-electron chi connectivity index (χ1n) is 10.6. The van der Waals surface area contributed by atoms with Crippen molar-refractivity contribution in [1.29, 1.82) is 0 Å². The van der Waals surface area contributed by atoms with Crippen LogP contribution in [0.15, 0.2) is 48.9 Å². The largest absolute Gasteiger partial charge is 0.479 e. The number of alkyl halides is 4. The summed E-state index contributed by atoms with van der Waals surface area (Å²) in [5.74, 6) is -0.135. The molecule has 4 aromatic rings. The third kappa shape index (κ3) is 3.91. The van der Waals surface area contributed by atoms with Crippen molar-refractivity contribution in [3.8, 4) is 23.1 Å². The molecule has 0 bridgehead atoms. The van der Waals surface area contributed by atoms with Crippen molar-refractivity contribution in [2.24, 2.45) is 0 Å². The molecule has 2 atom stereocenters. The minimum absolute atomic E-state index is 0.0195. The van der Waals surface area contributed by atoms with Gasteiger partial charge in [-0.3, -0.25) is 0 Å². The van der Waals surface area contributed by atoms with Gasteiger partial charge in [-0.05, 0) is 37.1 Å². The highest BCUT2D eigenvalue weighted by atomic mass is 19.4. The minimum Gasteiger partial charge on any atom is -0.479 e. The van der Waals surface area contributed by atoms with Crippen LogP contribution in [0.5, 0.6) is 5.88 Å². The third-order valence-corrected chi connectivity index (χ3v) is 5.77. The smallest absolute Gasteiger partial charge is 0.416 e. The zero-order valence-electron chi connectivity index (χ0n) is 18.3. The molecule has 11 heteroatoms. The van der Waals surface area contributed by atoms with Crippen molar-refractivity contribution in [2.75, 3.05) is 7.11 Å². The van der Waals surface area contributed by atoms with Gasteiger partial charge in [-0.25, -0.2) is 24.0 Å². The molecule has 1 aromatic carbocycles. The van der Waals surface area contributed by atoms with E-state index in [4.69, 9.17) is 4.74 Å². The summed E-state index contributed by atoms with van der Waals surface area (Å²) >= 11 is 0. The number of hydrogen-bond acceptors (Lipinski definition) is 5. The molecule has 7 nitrogen and oxygen atoms in total. The Balaban J connectivity index is 1.57. The molecule has 0 spiro atoms. The molecule has 176 valence electrons. The summed E-state index contributed by atoms with van der Waals surface area (Å²) in [5, 5.41) is 4.37. The van der Waals surface area contributed by atoms with Crippen LogP contribution in [-0.4, -0.2) is 42.6 Å². The molecule has 3 aromatic heterocycles. The van der Waals surface area contributed by atoms with Gasteiger partial charge in [0, 0.05) is 12.1 Å². The fraction of sp³-hybridized carbons (Fsp3) is 0.304. The van der Waals surface area contributed by atoms with Crippen LogP contribution >= 0.6 is 0 Å². The lowest BCUT2D eigenvalue weighted by molar-refractivity contribution is -0.138. The summed E-state index contributed by atoms with van der Waals surface area (Å²) in [6.07, 6.45) is -2.59. The van der Waals surface area contributed by atoms with E-state index in [1.807, 2.05) is 13.1 Å². The zero-order valence-corrected chi connectivity index (χ0v) is 18.3. The Labute approximate surface area is 192 Å². The number of methoxy groups -OCH3 is 1. The Morgan fingerprint density at radius 3 is 2.59 bits per heavy atom. The standard InChI is InChI=1S/C23H20F4N6O/c1-13-10-32(12-28-13)19-8-7-18(29-22(19)34-2)20-30-21-16(9-14(24)11-33(21)31-20)15-5-3-4-6-17(15)23(25,26)27/h3-8,10,12,14,16H,9,11H2,1-2H3. The number of halogens is 4. The van der Waals surface area contributed by atoms with Gasteiger partial charge in [-0.2, -0.15) is 13.2 Å². The van der Waals surface area contributed by atoms with E-state index in [0.717, 1.165) is 11.8 Å². The number of rotatable bonds is 4. The molecule has 5 rings (SSSR count). The van der Waals surface area contributed by atoms with E-state index < -0.39 is 23.8 Å². The number of fused-ring (bicyclic) bond motifs is 1. The topological polar surface area (TPSA) is 70.7 Å². The molecule has 0 N–H and O–H groups in total. The lowest BCUT2D eigenvalue weighted by Gasteiger charge is -2.27. The van der Waals surface area contributed by atoms with Crippen molar-refractivity contribution < 1.29 is 22.3 Å². The quantitative estimate of drug-likeness (QED) is 0.402. The Kier molecular flexibility index (Phi) is 5.34. The zero-order chi connectivity index (χ0) is 24.0. The molecular formula is C23H20F4N6O. The molecule has 0 saturated carbocycles. The maximum Gasteiger partial charge on any atom is 0.416 e. The van der Waals surface area contributed by atoms with Crippen molar-refractivity contribution in [2.45, 2.75) is 38.2 Å². The minimum atomic E-state index is -4.57. The van der Waals surface area contributed by atoms with Crippen LogP contribution in [-0.2, 0) is 12.7 Å². The predicted octanol–water partition coefficient (Wildman–Crippen LogP) is 4.74. The number of imidazole rings is 1. The fourth-order valence-electron chi connectivity index (χ4n) is 4.26. The molecule has 1 aliphatic rings. The van der Waals surface area contributed by atoms with Crippen LogP contribution in [0.2, 0.25) is 0 Å². The lowest BCUT2D eigenvalue weighted by Crippen LogP contribution is -2.28. The fourth-order valence-corrected chi connectivity index (χ4v) is 4.26. The first-order chi connectivity index (χ1) is 16.2. The SMILES string of the molecule is COc1nc(-c2nc3n(n2)CC(F)CC3c2ccccc2C(F)(F)F)ccc1-n1cnc(C)c1. The number of aromatic nitrogens is 6. The van der Waals surface area contributed by atoms with Gasteiger partial charge in [-0.15, -0.1) is 5.10 Å². The Morgan fingerprint density at radius 2 is 1.88 bits per heavy atom. The summed E-state index contributed by atoms with van der Waals surface area (Å²) in [6, 6.07) is 8.64. The molecule has 4 heterocycles. The van der Waals surface area contributed by atoms with Crippen molar-refractivity contribution in [3.63, 3.8) is 0 Å². The Morgan fingerprint density at radius 1 is 1.09 bits per heavy atom. The second-order valence-electron chi connectivity index (χ2n) is 8.09. The van der Waals surface area contributed by atoms with Gasteiger partial charge in [0.05, 0.1) is 31.2 Å². The van der Waals surface area contributed by atoms with E-state index in [9.17, 15) is 17.6 Å². The molecule has 34 heavy (non-hydrogen) atoms. The van der Waals surface area contributed by atoms with E-state index in [1.165, 1.54) is 30.0 Å². The van der Waals surface area contributed by atoms with Gasteiger partial charge in [0.2, 0.25) is 5.88 Å². The highest BCUT2D eigenvalue weighted by Gasteiger charge is 2.39. The predicted molar refractivity (Wildman–Crippen MR) is 114 cm³/mol. The summed E-state index contributed by atoms with van der Waals surface area (Å²) in [4.78, 5) is 13.2. The van der Waals surface area contributed by atoms with E-state index in [0.29, 0.717) is 17.3 Å². The third-order valence-electron chi connectivity index (χ3n) is 5.77. The summed E-state index contributed by atoms with van der Waals surface area (Å²) in [7, 11) is 1.48. The number of aryl methyl sites for hydroxylation is 1. The Hall–Kier alpha value is -3.76. The number of pyridine rings is 1. The highest BCUT2D eigenvalue weighted by Crippen LogP contribution is 2.41. The van der Waals surface area contributed by atoms with Gasteiger partial charge in [0.1, 0.15) is 23.4 Å². The van der Waals surface area contributed by atoms with Crippen LogP contribution in [0.3, 0.4) is 0 Å². The molecule has 0 radical (unpaired) electrons. The van der Waals surface area contributed by atoms with Crippen LogP contribution in [0.4, 0.5) is 17.6 Å². The van der Waals surface area contributed by atoms with Gasteiger partial charge in [0.15, 0.2) is 5.82 Å².